The maximum atomic E-state index is 13.1. The van der Waals surface area contributed by atoms with E-state index in [1.807, 2.05) is 26.8 Å². The molecule has 4 heterocycles. The van der Waals surface area contributed by atoms with Gasteiger partial charge in [0.2, 0.25) is 5.91 Å². The molecule has 0 bridgehead atoms. The van der Waals surface area contributed by atoms with E-state index in [0.29, 0.717) is 50.0 Å². The normalized spacial score (nSPS) is 22.9. The van der Waals surface area contributed by atoms with Gasteiger partial charge in [-0.15, -0.1) is 4.40 Å². The summed E-state index contributed by atoms with van der Waals surface area (Å²) in [7, 11) is -3.40. The molecule has 0 aliphatic carbocycles. The zero-order valence-electron chi connectivity index (χ0n) is 17.9. The molecule has 0 atom stereocenters. The van der Waals surface area contributed by atoms with Crippen LogP contribution in [0.25, 0.3) is 0 Å². The molecule has 1 aromatic rings. The number of thioether (sulfide) groups is 1. The van der Waals surface area contributed by atoms with Crippen LogP contribution in [0.2, 0.25) is 0 Å². The third-order valence-electron chi connectivity index (χ3n) is 6.45. The summed E-state index contributed by atoms with van der Waals surface area (Å²) in [6.07, 6.45) is 3.39. The Morgan fingerprint density at radius 1 is 0.938 bits per heavy atom. The van der Waals surface area contributed by atoms with Gasteiger partial charge >= 0.3 is 0 Å². The molecule has 32 heavy (non-hydrogen) atoms. The topological polar surface area (TPSA) is 93.6 Å². The van der Waals surface area contributed by atoms with Gasteiger partial charge in [0.25, 0.3) is 15.9 Å². The number of carbonyl (C=O) groups excluding carboxylic acids is 2. The van der Waals surface area contributed by atoms with Crippen molar-refractivity contribution < 1.29 is 18.0 Å². The van der Waals surface area contributed by atoms with Crippen LogP contribution in [0.15, 0.2) is 27.5 Å². The van der Waals surface area contributed by atoms with Crippen LogP contribution >= 0.6 is 11.8 Å². The number of likely N-dealkylation sites (tertiary alicyclic amines) is 1. The number of nitrogens with zero attached hydrogens (tertiary/aromatic N) is 5. The highest BCUT2D eigenvalue weighted by molar-refractivity contribution is 8.15. The van der Waals surface area contributed by atoms with Crippen LogP contribution in [-0.2, 0) is 14.8 Å². The summed E-state index contributed by atoms with van der Waals surface area (Å²) in [6.45, 7) is 5.10. The quantitative estimate of drug-likeness (QED) is 0.643. The van der Waals surface area contributed by atoms with Gasteiger partial charge in [-0.1, -0.05) is 0 Å². The van der Waals surface area contributed by atoms with Crippen LogP contribution in [0.3, 0.4) is 0 Å². The molecule has 0 unspecified atom stereocenters. The SMILES string of the molecule is O=C(CN1CCN(C(=O)c2ccc3c(c2)SC2=NS(=O)(=O)CCN23)CC1)N1CCCCC1. The van der Waals surface area contributed by atoms with Crippen LogP contribution < -0.4 is 4.90 Å². The third-order valence-corrected chi connectivity index (χ3v) is 8.75. The number of fused-ring (bicyclic) bond motifs is 3. The molecule has 2 saturated heterocycles. The first-order valence-electron chi connectivity index (χ1n) is 11.1. The van der Waals surface area contributed by atoms with Crippen molar-refractivity contribution in [2.24, 2.45) is 4.40 Å². The van der Waals surface area contributed by atoms with E-state index in [4.69, 9.17) is 0 Å². The molecule has 0 spiro atoms. The largest absolute Gasteiger partial charge is 0.342 e. The van der Waals surface area contributed by atoms with E-state index in [9.17, 15) is 18.0 Å². The van der Waals surface area contributed by atoms with Gasteiger partial charge in [-0.25, -0.2) is 8.42 Å². The molecule has 0 aromatic heterocycles. The second kappa shape index (κ2) is 8.68. The Kier molecular flexibility index (Phi) is 5.89. The van der Waals surface area contributed by atoms with Crippen LogP contribution in [0.5, 0.6) is 0 Å². The standard InChI is InChI=1S/C21H27N5O4S2/c27-19(24-6-2-1-3-7-24)15-23-8-10-25(11-9-23)20(28)16-4-5-17-18(14-16)31-21-22-32(29,30)13-12-26(17)21/h4-5,14H,1-3,6-13,15H2. The van der Waals surface area contributed by atoms with Crippen LogP contribution in [-0.4, -0.2) is 98.2 Å². The minimum Gasteiger partial charge on any atom is -0.342 e. The van der Waals surface area contributed by atoms with Gasteiger partial charge in [-0.3, -0.25) is 14.5 Å². The Morgan fingerprint density at radius 3 is 2.44 bits per heavy atom. The van der Waals surface area contributed by atoms with Crippen molar-refractivity contribution in [3.05, 3.63) is 23.8 Å². The summed E-state index contributed by atoms with van der Waals surface area (Å²) in [6, 6.07) is 5.52. The van der Waals surface area contributed by atoms with Gasteiger partial charge in [0.1, 0.15) is 0 Å². The first-order valence-corrected chi connectivity index (χ1v) is 13.5. The maximum Gasteiger partial charge on any atom is 0.257 e. The first-order chi connectivity index (χ1) is 15.4. The highest BCUT2D eigenvalue weighted by Gasteiger charge is 2.34. The van der Waals surface area contributed by atoms with Crippen molar-refractivity contribution in [3.63, 3.8) is 0 Å². The first kappa shape index (κ1) is 21.7. The number of rotatable bonds is 3. The number of benzene rings is 1. The fraction of sp³-hybridized carbons (Fsp3) is 0.571. The summed E-state index contributed by atoms with van der Waals surface area (Å²) in [5, 5.41) is 0.461. The molecule has 4 aliphatic heterocycles. The predicted molar refractivity (Wildman–Crippen MR) is 124 cm³/mol. The monoisotopic (exact) mass is 477 g/mol. The molecular weight excluding hydrogens is 450 g/mol. The molecule has 0 saturated carbocycles. The second-order valence-corrected chi connectivity index (χ2v) is 11.4. The Labute approximate surface area is 192 Å². The zero-order chi connectivity index (χ0) is 22.3. The van der Waals surface area contributed by atoms with Crippen molar-refractivity contribution in [3.8, 4) is 0 Å². The smallest absolute Gasteiger partial charge is 0.257 e. The lowest BCUT2D eigenvalue weighted by Crippen LogP contribution is -2.52. The molecule has 172 valence electrons. The number of carbonyl (C=O) groups is 2. The van der Waals surface area contributed by atoms with Crippen LogP contribution in [0, 0.1) is 0 Å². The van der Waals surface area contributed by atoms with Crippen molar-refractivity contribution in [2.45, 2.75) is 24.2 Å². The number of amides is 2. The van der Waals surface area contributed by atoms with E-state index < -0.39 is 10.0 Å². The zero-order valence-corrected chi connectivity index (χ0v) is 19.5. The summed E-state index contributed by atoms with van der Waals surface area (Å²) >= 11 is 1.30. The molecule has 11 heteroatoms. The predicted octanol–water partition coefficient (Wildman–Crippen LogP) is 1.07. The Balaban J connectivity index is 1.19. The third kappa shape index (κ3) is 4.38. The molecule has 2 fully saturated rings. The summed E-state index contributed by atoms with van der Waals surface area (Å²) < 4.78 is 27.5. The van der Waals surface area contributed by atoms with E-state index in [-0.39, 0.29) is 17.6 Å². The van der Waals surface area contributed by atoms with E-state index in [1.54, 1.807) is 6.07 Å². The Morgan fingerprint density at radius 2 is 1.69 bits per heavy atom. The van der Waals surface area contributed by atoms with Gasteiger partial charge in [0.15, 0.2) is 5.17 Å². The van der Waals surface area contributed by atoms with Gasteiger partial charge in [-0.2, -0.15) is 0 Å². The van der Waals surface area contributed by atoms with Gasteiger partial charge < -0.3 is 14.7 Å². The maximum absolute atomic E-state index is 13.1. The number of hydrogen-bond acceptors (Lipinski definition) is 7. The highest BCUT2D eigenvalue weighted by atomic mass is 32.2. The molecule has 0 radical (unpaired) electrons. The Bertz CT molecular complexity index is 1060. The Hall–Kier alpha value is -2.11. The summed E-state index contributed by atoms with van der Waals surface area (Å²) in [4.78, 5) is 34.3. The number of piperidine rings is 1. The molecular formula is C21H27N5O4S2. The van der Waals surface area contributed by atoms with Crippen LogP contribution in [0.4, 0.5) is 5.69 Å². The number of hydrogen-bond donors (Lipinski definition) is 0. The average Bonchev–Trinajstić information content (AvgIpc) is 3.15. The molecule has 0 N–H and O–H groups in total. The minimum atomic E-state index is -3.40. The van der Waals surface area contributed by atoms with Crippen molar-refractivity contribution >= 4 is 44.5 Å². The number of sulfonamides is 1. The van der Waals surface area contributed by atoms with Gasteiger partial charge in [0, 0.05) is 56.3 Å². The van der Waals surface area contributed by atoms with Crippen molar-refractivity contribution in [1.29, 1.82) is 0 Å². The molecule has 2 amide bonds. The number of amidine groups is 1. The second-order valence-electron chi connectivity index (χ2n) is 8.61. The molecule has 9 nitrogen and oxygen atoms in total. The fourth-order valence-electron chi connectivity index (χ4n) is 4.59. The molecule has 5 rings (SSSR count). The van der Waals surface area contributed by atoms with Gasteiger partial charge in [-0.05, 0) is 49.2 Å². The highest BCUT2D eigenvalue weighted by Crippen LogP contribution is 2.42. The summed E-state index contributed by atoms with van der Waals surface area (Å²) in [5.41, 5.74) is 1.50. The summed E-state index contributed by atoms with van der Waals surface area (Å²) in [5.74, 6) is 0.165. The fourth-order valence-corrected chi connectivity index (χ4v) is 6.89. The number of anilines is 1. The molecule has 4 aliphatic rings. The van der Waals surface area contributed by atoms with E-state index >= 15 is 0 Å². The number of piperazine rings is 1. The minimum absolute atomic E-state index is 0.00171. The van der Waals surface area contributed by atoms with Gasteiger partial charge in [0.05, 0.1) is 18.0 Å². The lowest BCUT2D eigenvalue weighted by molar-refractivity contribution is -0.133. The van der Waals surface area contributed by atoms with Crippen LogP contribution in [0.1, 0.15) is 29.6 Å². The molecule has 1 aromatic carbocycles. The van der Waals surface area contributed by atoms with E-state index in [2.05, 4.69) is 9.30 Å². The van der Waals surface area contributed by atoms with E-state index in [1.165, 1.54) is 18.2 Å². The van der Waals surface area contributed by atoms with Crippen molar-refractivity contribution in [1.82, 2.24) is 14.7 Å². The average molecular weight is 478 g/mol. The lowest BCUT2D eigenvalue weighted by Gasteiger charge is -2.36. The lowest BCUT2D eigenvalue weighted by atomic mass is 10.1. The van der Waals surface area contributed by atoms with Crippen molar-refractivity contribution in [2.75, 3.05) is 63.0 Å². The van der Waals surface area contributed by atoms with E-state index in [0.717, 1.165) is 36.5 Å².